The molecule has 4 aliphatic rings. The van der Waals surface area contributed by atoms with Crippen LogP contribution in [0.3, 0.4) is 0 Å². The molecule has 0 aromatic carbocycles. The number of fused-ring (bicyclic) bond motifs is 4. The zero-order valence-corrected chi connectivity index (χ0v) is 20.3. The van der Waals surface area contributed by atoms with Crippen LogP contribution in [-0.4, -0.2) is 34.6 Å². The molecule has 0 saturated heterocycles. The zero-order chi connectivity index (χ0) is 25.6. The van der Waals surface area contributed by atoms with E-state index >= 15 is 0 Å². The summed E-state index contributed by atoms with van der Waals surface area (Å²) in [5.41, 5.74) is -5.26. The second-order valence-electron chi connectivity index (χ2n) is 12.6. The highest BCUT2D eigenvalue weighted by molar-refractivity contribution is 5.74. The Morgan fingerprint density at radius 2 is 1.26 bits per heavy atom. The summed E-state index contributed by atoms with van der Waals surface area (Å²) < 4.78 is 85.9. The monoisotopic (exact) mass is 562 g/mol. The molecule has 0 spiro atoms. The molecule has 0 heterocycles. The lowest BCUT2D eigenvalue weighted by Crippen LogP contribution is -2.58. The van der Waals surface area contributed by atoms with E-state index in [0.717, 1.165) is 6.42 Å². The number of carbonyl (C=O) groups is 1. The van der Waals surface area contributed by atoms with E-state index in [1.165, 1.54) is 0 Å². The van der Waals surface area contributed by atoms with Crippen molar-refractivity contribution in [2.75, 3.05) is 0 Å². The molecular weight excluding hydrogens is 510 g/mol. The first kappa shape index (κ1) is 37.0. The Hall–Kier alpha value is -0.990. The number of halogens is 6. The molecular formula is C29H52F6O3. The third kappa shape index (κ3) is 5.88. The van der Waals surface area contributed by atoms with Gasteiger partial charge in [0.2, 0.25) is 0 Å². The molecule has 0 aliphatic heterocycles. The average molecular weight is 563 g/mol. The van der Waals surface area contributed by atoms with Gasteiger partial charge in [0.1, 0.15) is 5.60 Å². The number of hydrogen-bond donors (Lipinski definition) is 1. The van der Waals surface area contributed by atoms with Crippen LogP contribution in [0.1, 0.15) is 96.4 Å². The lowest BCUT2D eigenvalue weighted by atomic mass is 9.60. The lowest BCUT2D eigenvalue weighted by molar-refractivity contribution is -0.373. The van der Waals surface area contributed by atoms with Gasteiger partial charge in [0.05, 0.1) is 5.92 Å². The van der Waals surface area contributed by atoms with Gasteiger partial charge >= 0.3 is 18.3 Å². The Morgan fingerprint density at radius 3 is 1.68 bits per heavy atom. The molecule has 4 saturated carbocycles. The Labute approximate surface area is 226 Å². The quantitative estimate of drug-likeness (QED) is 0.275. The molecule has 0 aromatic heterocycles. The standard InChI is InChI=1S/C25H36F6O3.4CH4/c1-11-13-6-15(10-23(33,24(26,27)28)25(29,30)31)17(7-13)20(11)19-12(2)16-8-14(19)9-18(16)21(32)34-22(3,4)5;;;;/h11-20,33H,6-10H2,1-5H3;4*1H4. The van der Waals surface area contributed by atoms with Gasteiger partial charge < -0.3 is 9.84 Å². The summed E-state index contributed by atoms with van der Waals surface area (Å²) in [7, 11) is 0. The fraction of sp³-hybridized carbons (Fsp3) is 0.966. The van der Waals surface area contributed by atoms with Crippen molar-refractivity contribution in [3.8, 4) is 0 Å². The van der Waals surface area contributed by atoms with Crippen molar-refractivity contribution in [1.29, 1.82) is 0 Å². The van der Waals surface area contributed by atoms with E-state index in [1.54, 1.807) is 0 Å². The fourth-order valence-electron chi connectivity index (χ4n) is 8.48. The van der Waals surface area contributed by atoms with Crippen LogP contribution in [0.2, 0.25) is 0 Å². The van der Waals surface area contributed by atoms with Crippen molar-refractivity contribution in [2.24, 2.45) is 59.2 Å². The first-order chi connectivity index (χ1) is 15.4. The molecule has 4 aliphatic carbocycles. The highest BCUT2D eigenvalue weighted by Crippen LogP contribution is 2.67. The molecule has 0 radical (unpaired) electrons. The minimum Gasteiger partial charge on any atom is -0.460 e. The second kappa shape index (κ2) is 11.5. The van der Waals surface area contributed by atoms with Crippen LogP contribution in [0.5, 0.6) is 0 Å². The Balaban J connectivity index is 0.00000342. The van der Waals surface area contributed by atoms with Crippen molar-refractivity contribution in [1.82, 2.24) is 0 Å². The third-order valence-corrected chi connectivity index (χ3v) is 9.76. The van der Waals surface area contributed by atoms with E-state index < -0.39 is 35.9 Å². The number of ether oxygens (including phenoxy) is 1. The number of alkyl halides is 6. The highest BCUT2D eigenvalue weighted by atomic mass is 19.4. The van der Waals surface area contributed by atoms with Gasteiger partial charge in [-0.25, -0.2) is 0 Å². The van der Waals surface area contributed by atoms with Crippen molar-refractivity contribution in [3.63, 3.8) is 0 Å². The maximum Gasteiger partial charge on any atom is 0.426 e. The molecule has 38 heavy (non-hydrogen) atoms. The molecule has 4 rings (SSSR count). The smallest absolute Gasteiger partial charge is 0.426 e. The normalized spacial score (nSPS) is 38.0. The Morgan fingerprint density at radius 1 is 0.763 bits per heavy atom. The Bertz CT molecular complexity index is 786. The number of hydrogen-bond acceptors (Lipinski definition) is 3. The largest absolute Gasteiger partial charge is 0.460 e. The molecule has 3 nitrogen and oxygen atoms in total. The zero-order valence-electron chi connectivity index (χ0n) is 20.3. The predicted molar refractivity (Wildman–Crippen MR) is 139 cm³/mol. The minimum atomic E-state index is -5.77. The van der Waals surface area contributed by atoms with Crippen LogP contribution in [-0.2, 0) is 9.53 Å². The van der Waals surface area contributed by atoms with Crippen LogP contribution >= 0.6 is 0 Å². The highest BCUT2D eigenvalue weighted by Gasteiger charge is 2.72. The maximum absolute atomic E-state index is 13.4. The summed E-state index contributed by atoms with van der Waals surface area (Å²) in [5, 5.41) is 9.83. The van der Waals surface area contributed by atoms with E-state index in [2.05, 4.69) is 13.8 Å². The molecule has 0 amide bonds. The SMILES string of the molecule is C.C.C.C.CC1C2CC(CC2C(=O)OC(C)(C)C)C1C1C(C)C2CC(CC(O)(C(F)(F)F)C(F)(F)F)C1C2. The van der Waals surface area contributed by atoms with Gasteiger partial charge in [-0.2, -0.15) is 26.3 Å². The van der Waals surface area contributed by atoms with Crippen LogP contribution < -0.4 is 0 Å². The molecule has 1 N–H and O–H groups in total. The van der Waals surface area contributed by atoms with E-state index in [0.29, 0.717) is 19.3 Å². The Kier molecular flexibility index (Phi) is 11.2. The minimum absolute atomic E-state index is 0. The lowest BCUT2D eigenvalue weighted by Gasteiger charge is -2.46. The van der Waals surface area contributed by atoms with E-state index in [9.17, 15) is 36.2 Å². The summed E-state index contributed by atoms with van der Waals surface area (Å²) in [6.07, 6.45) is -10.4. The van der Waals surface area contributed by atoms with Gasteiger partial charge in [0.15, 0.2) is 0 Å². The van der Waals surface area contributed by atoms with Gasteiger partial charge in [0.25, 0.3) is 5.60 Å². The van der Waals surface area contributed by atoms with Crippen LogP contribution in [0.4, 0.5) is 26.3 Å². The molecule has 0 aromatic rings. The number of aliphatic hydroxyl groups is 1. The maximum atomic E-state index is 13.4. The van der Waals surface area contributed by atoms with Crippen molar-refractivity contribution >= 4 is 5.97 Å². The molecule has 10 unspecified atom stereocenters. The molecule has 4 bridgehead atoms. The molecule has 228 valence electrons. The first-order valence-electron chi connectivity index (χ1n) is 12.4. The van der Waals surface area contributed by atoms with Crippen LogP contribution in [0.15, 0.2) is 0 Å². The van der Waals surface area contributed by atoms with Gasteiger partial charge in [-0.1, -0.05) is 43.6 Å². The first-order valence-corrected chi connectivity index (χ1v) is 12.4. The number of carbonyl (C=O) groups excluding carboxylic acids is 1. The summed E-state index contributed by atoms with van der Waals surface area (Å²) in [5.74, 6) is -0.434. The molecule has 9 heteroatoms. The van der Waals surface area contributed by atoms with E-state index in [1.807, 2.05) is 20.8 Å². The van der Waals surface area contributed by atoms with E-state index in [-0.39, 0.29) is 88.9 Å². The predicted octanol–water partition coefficient (Wildman–Crippen LogP) is 8.93. The molecule has 4 fully saturated rings. The van der Waals surface area contributed by atoms with Crippen molar-refractivity contribution < 1.29 is 41.0 Å². The summed E-state index contributed by atoms with van der Waals surface area (Å²) >= 11 is 0. The summed E-state index contributed by atoms with van der Waals surface area (Å²) in [6, 6.07) is 0. The van der Waals surface area contributed by atoms with Gasteiger partial charge in [0, 0.05) is 0 Å². The van der Waals surface area contributed by atoms with Crippen molar-refractivity contribution in [2.45, 2.75) is 120 Å². The van der Waals surface area contributed by atoms with Crippen LogP contribution in [0.25, 0.3) is 0 Å². The summed E-state index contributed by atoms with van der Waals surface area (Å²) in [4.78, 5) is 12.7. The second-order valence-corrected chi connectivity index (χ2v) is 12.6. The number of esters is 1. The number of rotatable bonds is 4. The van der Waals surface area contributed by atoms with Crippen LogP contribution in [0, 0.1) is 59.2 Å². The summed E-state index contributed by atoms with van der Waals surface area (Å²) in [6.45, 7) is 9.64. The third-order valence-electron chi connectivity index (χ3n) is 9.76. The molecule has 10 atom stereocenters. The average Bonchev–Trinajstić information content (AvgIpc) is 3.38. The van der Waals surface area contributed by atoms with Gasteiger partial charge in [-0.3, -0.25) is 4.79 Å². The fourth-order valence-corrected chi connectivity index (χ4v) is 8.48. The van der Waals surface area contributed by atoms with Gasteiger partial charge in [-0.05, 0) is 106 Å². The van der Waals surface area contributed by atoms with E-state index in [4.69, 9.17) is 4.74 Å². The topological polar surface area (TPSA) is 46.5 Å². The van der Waals surface area contributed by atoms with Gasteiger partial charge in [-0.15, -0.1) is 0 Å². The van der Waals surface area contributed by atoms with Crippen molar-refractivity contribution in [3.05, 3.63) is 0 Å².